The molecule has 0 unspecified atom stereocenters. The number of guanidine groups is 1. The maximum atomic E-state index is 12.4. The second-order valence-electron chi connectivity index (χ2n) is 5.96. The number of nitrogens with zero attached hydrogens (tertiary/aromatic N) is 3. The fourth-order valence-corrected chi connectivity index (χ4v) is 2.85. The normalized spacial score (nSPS) is 15.1. The molecule has 7 nitrogen and oxygen atoms in total. The van der Waals surface area contributed by atoms with Crippen molar-refractivity contribution >= 4 is 29.2 Å². The molecule has 0 radical (unpaired) electrons. The average Bonchev–Trinajstić information content (AvgIpc) is 2.67. The van der Waals surface area contributed by atoms with Crippen LogP contribution in [-0.4, -0.2) is 76.3 Å². The molecular formula is C18H28ClN5O2. The monoisotopic (exact) mass is 381 g/mol. The van der Waals surface area contributed by atoms with E-state index in [1.54, 1.807) is 7.11 Å². The highest BCUT2D eigenvalue weighted by Gasteiger charge is 2.21. The van der Waals surface area contributed by atoms with Gasteiger partial charge in [0, 0.05) is 57.1 Å². The summed E-state index contributed by atoms with van der Waals surface area (Å²) < 4.78 is 5.01. The molecule has 26 heavy (non-hydrogen) atoms. The molecule has 1 amide bonds. The Hall–Kier alpha value is -1.99. The third-order valence-corrected chi connectivity index (χ3v) is 4.39. The average molecular weight is 382 g/mol. The number of carbonyl (C=O) groups is 1. The molecule has 2 N–H and O–H groups in total. The van der Waals surface area contributed by atoms with Crippen molar-refractivity contribution in [2.24, 2.45) is 4.99 Å². The van der Waals surface area contributed by atoms with E-state index in [9.17, 15) is 4.79 Å². The SMILES string of the molecule is CCNC(=NCC(=O)N1CCN(c2ccc(Cl)cc2)CC1)NCCOC. The van der Waals surface area contributed by atoms with Crippen molar-refractivity contribution in [1.29, 1.82) is 0 Å². The summed E-state index contributed by atoms with van der Waals surface area (Å²) in [6.45, 7) is 7.13. The number of piperazine rings is 1. The van der Waals surface area contributed by atoms with Gasteiger partial charge >= 0.3 is 0 Å². The predicted molar refractivity (Wildman–Crippen MR) is 106 cm³/mol. The number of ether oxygens (including phenoxy) is 1. The van der Waals surface area contributed by atoms with Crippen LogP contribution in [0.3, 0.4) is 0 Å². The second-order valence-corrected chi connectivity index (χ2v) is 6.40. The molecule has 0 spiro atoms. The molecule has 0 atom stereocenters. The highest BCUT2D eigenvalue weighted by Crippen LogP contribution is 2.19. The Kier molecular flexibility index (Phi) is 8.50. The van der Waals surface area contributed by atoms with Gasteiger partial charge in [-0.15, -0.1) is 0 Å². The molecule has 2 rings (SSSR count). The van der Waals surface area contributed by atoms with Crippen molar-refractivity contribution in [3.8, 4) is 0 Å². The number of nitrogens with one attached hydrogen (secondary N) is 2. The van der Waals surface area contributed by atoms with Gasteiger partial charge in [0.25, 0.3) is 0 Å². The molecule has 1 heterocycles. The van der Waals surface area contributed by atoms with Crippen LogP contribution in [0.4, 0.5) is 5.69 Å². The maximum absolute atomic E-state index is 12.4. The van der Waals surface area contributed by atoms with Gasteiger partial charge in [0.2, 0.25) is 5.91 Å². The third-order valence-electron chi connectivity index (χ3n) is 4.14. The highest BCUT2D eigenvalue weighted by atomic mass is 35.5. The van der Waals surface area contributed by atoms with Gasteiger partial charge in [-0.2, -0.15) is 0 Å². The molecule has 1 saturated heterocycles. The molecule has 0 bridgehead atoms. The van der Waals surface area contributed by atoms with E-state index in [1.165, 1.54) is 0 Å². The number of hydrogen-bond acceptors (Lipinski definition) is 4. The lowest BCUT2D eigenvalue weighted by Crippen LogP contribution is -2.49. The third kappa shape index (κ3) is 6.38. The summed E-state index contributed by atoms with van der Waals surface area (Å²) in [6, 6.07) is 7.81. The lowest BCUT2D eigenvalue weighted by molar-refractivity contribution is -0.129. The van der Waals surface area contributed by atoms with Crippen LogP contribution in [0.1, 0.15) is 6.92 Å². The van der Waals surface area contributed by atoms with Gasteiger partial charge in [0.05, 0.1) is 6.61 Å². The van der Waals surface area contributed by atoms with Crippen molar-refractivity contribution in [2.45, 2.75) is 6.92 Å². The van der Waals surface area contributed by atoms with E-state index in [1.807, 2.05) is 36.1 Å². The van der Waals surface area contributed by atoms with Gasteiger partial charge in [-0.05, 0) is 31.2 Å². The predicted octanol–water partition coefficient (Wildman–Crippen LogP) is 1.19. The van der Waals surface area contributed by atoms with E-state index in [2.05, 4.69) is 20.5 Å². The first-order valence-corrected chi connectivity index (χ1v) is 9.31. The first-order chi connectivity index (χ1) is 12.6. The molecule has 0 aliphatic carbocycles. The lowest BCUT2D eigenvalue weighted by atomic mass is 10.2. The molecule has 8 heteroatoms. The molecule has 1 fully saturated rings. The minimum atomic E-state index is 0.0460. The summed E-state index contributed by atoms with van der Waals surface area (Å²) in [5.41, 5.74) is 1.14. The molecule has 0 aromatic heterocycles. The number of hydrogen-bond donors (Lipinski definition) is 2. The number of methoxy groups -OCH3 is 1. The molecule has 1 aliphatic rings. The molecule has 1 aromatic rings. The number of aliphatic imine (C=N–C) groups is 1. The fraction of sp³-hybridized carbons (Fsp3) is 0.556. The Labute approximate surface area is 160 Å². The molecular weight excluding hydrogens is 354 g/mol. The summed E-state index contributed by atoms with van der Waals surface area (Å²) in [5.74, 6) is 0.683. The van der Waals surface area contributed by atoms with Crippen LogP contribution in [0.25, 0.3) is 0 Å². The zero-order valence-corrected chi connectivity index (χ0v) is 16.3. The van der Waals surface area contributed by atoms with Crippen LogP contribution in [0.5, 0.6) is 0 Å². The fourth-order valence-electron chi connectivity index (χ4n) is 2.73. The van der Waals surface area contributed by atoms with E-state index < -0.39 is 0 Å². The largest absolute Gasteiger partial charge is 0.383 e. The summed E-state index contributed by atoms with van der Waals surface area (Å²) in [5, 5.41) is 7.00. The maximum Gasteiger partial charge on any atom is 0.244 e. The quantitative estimate of drug-likeness (QED) is 0.422. The number of rotatable bonds is 7. The number of halogens is 1. The Morgan fingerprint density at radius 2 is 1.88 bits per heavy atom. The second kappa shape index (κ2) is 10.9. The van der Waals surface area contributed by atoms with Crippen LogP contribution in [0.2, 0.25) is 5.02 Å². The smallest absolute Gasteiger partial charge is 0.244 e. The lowest BCUT2D eigenvalue weighted by Gasteiger charge is -2.36. The van der Waals surface area contributed by atoms with Gasteiger partial charge in [-0.25, -0.2) is 4.99 Å². The van der Waals surface area contributed by atoms with Gasteiger partial charge in [-0.3, -0.25) is 4.79 Å². The van der Waals surface area contributed by atoms with Crippen LogP contribution in [0.15, 0.2) is 29.3 Å². The van der Waals surface area contributed by atoms with Crippen LogP contribution in [0, 0.1) is 0 Å². The van der Waals surface area contributed by atoms with Crippen molar-refractivity contribution < 1.29 is 9.53 Å². The topological polar surface area (TPSA) is 69.2 Å². The number of amides is 1. The van der Waals surface area contributed by atoms with E-state index in [0.717, 1.165) is 30.3 Å². The Morgan fingerprint density at radius 1 is 1.19 bits per heavy atom. The van der Waals surface area contributed by atoms with Crippen LogP contribution >= 0.6 is 11.6 Å². The standard InChI is InChI=1S/C18H28ClN5O2/c1-3-20-18(21-8-13-26-2)22-14-17(25)24-11-9-23(10-12-24)16-6-4-15(19)5-7-16/h4-7H,3,8-14H2,1-2H3,(H2,20,21,22). The van der Waals surface area contributed by atoms with Gasteiger partial charge < -0.3 is 25.2 Å². The van der Waals surface area contributed by atoms with E-state index in [4.69, 9.17) is 16.3 Å². The molecule has 1 aliphatic heterocycles. The Bertz CT molecular complexity index is 586. The number of anilines is 1. The summed E-state index contributed by atoms with van der Waals surface area (Å²) in [6.07, 6.45) is 0. The van der Waals surface area contributed by atoms with E-state index in [-0.39, 0.29) is 12.5 Å². The van der Waals surface area contributed by atoms with E-state index in [0.29, 0.717) is 32.2 Å². The van der Waals surface area contributed by atoms with E-state index >= 15 is 0 Å². The Balaban J connectivity index is 1.81. The molecule has 144 valence electrons. The summed E-state index contributed by atoms with van der Waals surface area (Å²) in [4.78, 5) is 20.9. The Morgan fingerprint density at radius 3 is 2.50 bits per heavy atom. The van der Waals surface area contributed by atoms with Crippen molar-refractivity contribution in [3.63, 3.8) is 0 Å². The van der Waals surface area contributed by atoms with Gasteiger partial charge in [0.15, 0.2) is 5.96 Å². The van der Waals surface area contributed by atoms with Crippen molar-refractivity contribution in [2.75, 3.05) is 64.4 Å². The zero-order chi connectivity index (χ0) is 18.8. The number of carbonyl (C=O) groups excluding carboxylic acids is 1. The van der Waals surface area contributed by atoms with Gasteiger partial charge in [-0.1, -0.05) is 11.6 Å². The number of benzene rings is 1. The minimum absolute atomic E-state index is 0.0460. The van der Waals surface area contributed by atoms with Crippen molar-refractivity contribution in [1.82, 2.24) is 15.5 Å². The first kappa shape index (κ1) is 20.3. The van der Waals surface area contributed by atoms with Crippen molar-refractivity contribution in [3.05, 3.63) is 29.3 Å². The summed E-state index contributed by atoms with van der Waals surface area (Å²) >= 11 is 5.94. The van der Waals surface area contributed by atoms with Crippen LogP contribution < -0.4 is 15.5 Å². The zero-order valence-electron chi connectivity index (χ0n) is 15.5. The molecule has 1 aromatic carbocycles. The highest BCUT2D eigenvalue weighted by molar-refractivity contribution is 6.30. The molecule has 0 saturated carbocycles. The first-order valence-electron chi connectivity index (χ1n) is 8.93. The van der Waals surface area contributed by atoms with Gasteiger partial charge in [0.1, 0.15) is 6.54 Å². The van der Waals surface area contributed by atoms with Crippen LogP contribution in [-0.2, 0) is 9.53 Å². The summed E-state index contributed by atoms with van der Waals surface area (Å²) in [7, 11) is 1.65. The minimum Gasteiger partial charge on any atom is -0.383 e.